The van der Waals surface area contributed by atoms with Gasteiger partial charge in [0.1, 0.15) is 17.1 Å². The molecule has 35 heavy (non-hydrogen) atoms. The molecule has 188 valence electrons. The van der Waals surface area contributed by atoms with Gasteiger partial charge in [0.15, 0.2) is 0 Å². The molecule has 0 saturated carbocycles. The van der Waals surface area contributed by atoms with Crippen LogP contribution in [0.25, 0.3) is 0 Å². The Bertz CT molecular complexity index is 1040. The molecule has 0 radical (unpaired) electrons. The van der Waals surface area contributed by atoms with E-state index in [1.807, 2.05) is 24.3 Å². The maximum atomic E-state index is 13.6. The van der Waals surface area contributed by atoms with Crippen LogP contribution in [0, 0.1) is 0 Å². The minimum atomic E-state index is -4.59. The predicted octanol–water partition coefficient (Wildman–Crippen LogP) is 8.28. The summed E-state index contributed by atoms with van der Waals surface area (Å²) in [6, 6.07) is 14.6. The fraction of sp³-hybridized carbons (Fsp3) is 0.407. The van der Waals surface area contributed by atoms with Crippen molar-refractivity contribution in [3.05, 3.63) is 65.9 Å². The summed E-state index contributed by atoms with van der Waals surface area (Å²) in [7, 11) is 0. The first-order chi connectivity index (χ1) is 16.9. The molecule has 1 aromatic heterocycles. The Kier molecular flexibility index (Phi) is 9.76. The molecule has 5 nitrogen and oxygen atoms in total. The molecule has 0 aliphatic carbocycles. The Balaban J connectivity index is 1.71. The normalized spacial score (nSPS) is 11.3. The van der Waals surface area contributed by atoms with E-state index < -0.39 is 11.7 Å². The molecule has 0 unspecified atom stereocenters. The van der Waals surface area contributed by atoms with Gasteiger partial charge in [0, 0.05) is 17.6 Å². The minimum absolute atomic E-state index is 0.0788. The second kappa shape index (κ2) is 13.0. The van der Waals surface area contributed by atoms with E-state index in [9.17, 15) is 13.2 Å². The lowest BCUT2D eigenvalue weighted by atomic mass is 10.1. The van der Waals surface area contributed by atoms with Gasteiger partial charge in [0.05, 0.1) is 6.61 Å². The van der Waals surface area contributed by atoms with Gasteiger partial charge >= 0.3 is 6.18 Å². The average Bonchev–Trinajstić information content (AvgIpc) is 2.83. The van der Waals surface area contributed by atoms with Crippen LogP contribution in [0.3, 0.4) is 0 Å². The summed E-state index contributed by atoms with van der Waals surface area (Å²) >= 11 is 0. The molecule has 0 amide bonds. The van der Waals surface area contributed by atoms with E-state index in [0.29, 0.717) is 23.7 Å². The molecule has 1 heterocycles. The van der Waals surface area contributed by atoms with E-state index in [4.69, 9.17) is 4.74 Å². The lowest BCUT2D eigenvalue weighted by molar-refractivity contribution is -0.137. The van der Waals surface area contributed by atoms with Gasteiger partial charge in [-0.1, -0.05) is 51.7 Å². The van der Waals surface area contributed by atoms with Crippen molar-refractivity contribution < 1.29 is 17.9 Å². The number of hydrogen-bond donors (Lipinski definition) is 2. The van der Waals surface area contributed by atoms with Crippen molar-refractivity contribution in [2.24, 2.45) is 0 Å². The first kappa shape index (κ1) is 26.3. The van der Waals surface area contributed by atoms with E-state index in [1.54, 1.807) is 24.3 Å². The summed E-state index contributed by atoms with van der Waals surface area (Å²) in [4.78, 5) is 8.01. The van der Waals surface area contributed by atoms with Crippen LogP contribution in [-0.2, 0) is 12.6 Å². The Labute approximate surface area is 205 Å². The number of aryl methyl sites for hydroxylation is 1. The number of anilines is 4. The Morgan fingerprint density at radius 2 is 1.43 bits per heavy atom. The first-order valence-corrected chi connectivity index (χ1v) is 12.2. The number of unbranched alkanes of at least 4 members (excludes halogenated alkanes) is 4. The number of aromatic nitrogens is 2. The molecule has 0 spiro atoms. The third-order valence-corrected chi connectivity index (χ3v) is 5.51. The van der Waals surface area contributed by atoms with Crippen LogP contribution in [0.5, 0.6) is 5.75 Å². The summed E-state index contributed by atoms with van der Waals surface area (Å²) in [6.45, 7) is 4.90. The summed E-state index contributed by atoms with van der Waals surface area (Å²) in [6.07, 6.45) is 3.84. The van der Waals surface area contributed by atoms with Gasteiger partial charge in [-0.25, -0.2) is 4.98 Å². The molecule has 0 aliphatic heterocycles. The zero-order valence-electron chi connectivity index (χ0n) is 20.3. The van der Waals surface area contributed by atoms with Crippen molar-refractivity contribution in [1.82, 2.24) is 9.97 Å². The summed E-state index contributed by atoms with van der Waals surface area (Å²) < 4.78 is 46.4. The lowest BCUT2D eigenvalue weighted by Gasteiger charge is -2.15. The van der Waals surface area contributed by atoms with Crippen molar-refractivity contribution in [3.63, 3.8) is 0 Å². The second-order valence-corrected chi connectivity index (χ2v) is 8.44. The number of nitrogens with one attached hydrogen (secondary N) is 2. The summed E-state index contributed by atoms with van der Waals surface area (Å²) in [5, 5.41) is 5.78. The third kappa shape index (κ3) is 8.46. The SMILES string of the molecule is CCCCCOc1ccc(Nc2nc(Nc3ccc(CCCCC)cc3)ncc2C(F)(F)F)cc1. The molecule has 3 rings (SSSR count). The van der Waals surface area contributed by atoms with Crippen molar-refractivity contribution >= 4 is 23.1 Å². The van der Waals surface area contributed by atoms with Crippen LogP contribution in [0.4, 0.5) is 36.3 Å². The highest BCUT2D eigenvalue weighted by Crippen LogP contribution is 2.35. The monoisotopic (exact) mass is 486 g/mol. The topological polar surface area (TPSA) is 59.1 Å². The van der Waals surface area contributed by atoms with Crippen LogP contribution < -0.4 is 15.4 Å². The van der Waals surface area contributed by atoms with Crippen LogP contribution in [-0.4, -0.2) is 16.6 Å². The van der Waals surface area contributed by atoms with Gasteiger partial charge in [0.25, 0.3) is 0 Å². The zero-order chi connectivity index (χ0) is 25.1. The third-order valence-electron chi connectivity index (χ3n) is 5.51. The van der Waals surface area contributed by atoms with Crippen LogP contribution in [0.1, 0.15) is 63.5 Å². The minimum Gasteiger partial charge on any atom is -0.494 e. The molecule has 0 fully saturated rings. The molecule has 0 bridgehead atoms. The number of alkyl halides is 3. The van der Waals surface area contributed by atoms with Gasteiger partial charge in [-0.2, -0.15) is 18.2 Å². The second-order valence-electron chi connectivity index (χ2n) is 8.44. The summed E-state index contributed by atoms with van der Waals surface area (Å²) in [5.74, 6) is 0.434. The molecule has 2 N–H and O–H groups in total. The highest BCUT2D eigenvalue weighted by Gasteiger charge is 2.35. The highest BCUT2D eigenvalue weighted by molar-refractivity contribution is 5.63. The number of rotatable bonds is 13. The molecule has 2 aromatic carbocycles. The smallest absolute Gasteiger partial charge is 0.421 e. The van der Waals surface area contributed by atoms with Crippen LogP contribution in [0.15, 0.2) is 54.7 Å². The number of nitrogens with zero attached hydrogens (tertiary/aromatic N) is 2. The van der Waals surface area contributed by atoms with Gasteiger partial charge in [-0.3, -0.25) is 0 Å². The number of benzene rings is 2. The highest BCUT2D eigenvalue weighted by atomic mass is 19.4. The van der Waals surface area contributed by atoms with E-state index in [0.717, 1.165) is 44.7 Å². The molecular formula is C27H33F3N4O. The van der Waals surface area contributed by atoms with Gasteiger partial charge in [-0.05, 0) is 61.2 Å². The average molecular weight is 487 g/mol. The maximum Gasteiger partial charge on any atom is 0.421 e. The standard InChI is InChI=1S/C27H33F3N4O/c1-3-5-7-9-20-10-12-22(13-11-20)33-26-31-19-24(27(28,29)30)25(34-26)32-21-14-16-23(17-15-21)35-18-8-6-4-2/h10-17,19H,3-9,18H2,1-2H3,(H2,31,32,33,34). The van der Waals surface area contributed by atoms with Crippen molar-refractivity contribution in [3.8, 4) is 5.75 Å². The number of halogens is 3. The molecule has 8 heteroatoms. The number of hydrogen-bond acceptors (Lipinski definition) is 5. The predicted molar refractivity (Wildman–Crippen MR) is 135 cm³/mol. The van der Waals surface area contributed by atoms with Crippen molar-refractivity contribution in [2.75, 3.05) is 17.2 Å². The van der Waals surface area contributed by atoms with E-state index in [-0.39, 0.29) is 11.8 Å². The lowest BCUT2D eigenvalue weighted by Crippen LogP contribution is -2.12. The fourth-order valence-electron chi connectivity index (χ4n) is 3.52. The summed E-state index contributed by atoms with van der Waals surface area (Å²) in [5.41, 5.74) is 1.46. The van der Waals surface area contributed by atoms with E-state index in [1.165, 1.54) is 12.0 Å². The van der Waals surface area contributed by atoms with Gasteiger partial charge in [-0.15, -0.1) is 0 Å². The van der Waals surface area contributed by atoms with E-state index in [2.05, 4.69) is 34.4 Å². The van der Waals surface area contributed by atoms with Crippen molar-refractivity contribution in [2.45, 2.75) is 65.0 Å². The van der Waals surface area contributed by atoms with E-state index >= 15 is 0 Å². The van der Waals surface area contributed by atoms with Crippen molar-refractivity contribution in [1.29, 1.82) is 0 Å². The zero-order valence-corrected chi connectivity index (χ0v) is 20.3. The Hall–Kier alpha value is -3.29. The Morgan fingerprint density at radius 3 is 2.09 bits per heavy atom. The van der Waals surface area contributed by atoms with Crippen LogP contribution in [0.2, 0.25) is 0 Å². The van der Waals surface area contributed by atoms with Gasteiger partial charge in [0.2, 0.25) is 5.95 Å². The molecule has 3 aromatic rings. The first-order valence-electron chi connectivity index (χ1n) is 12.2. The molecule has 0 aliphatic rings. The molecule has 0 saturated heterocycles. The van der Waals surface area contributed by atoms with Gasteiger partial charge < -0.3 is 15.4 Å². The molecular weight excluding hydrogens is 453 g/mol. The largest absolute Gasteiger partial charge is 0.494 e. The number of ether oxygens (including phenoxy) is 1. The fourth-order valence-corrected chi connectivity index (χ4v) is 3.52. The quantitative estimate of drug-likeness (QED) is 0.238. The molecule has 0 atom stereocenters. The maximum absolute atomic E-state index is 13.6. The Morgan fingerprint density at radius 1 is 0.800 bits per heavy atom. The van der Waals surface area contributed by atoms with Crippen LogP contribution >= 0.6 is 0 Å².